The summed E-state index contributed by atoms with van der Waals surface area (Å²) in [6.07, 6.45) is 2.64. The maximum atomic E-state index is 11.8. The second-order valence-corrected chi connectivity index (χ2v) is 12.1. The number of ether oxygens (including phenoxy) is 4. The third-order valence-corrected chi connectivity index (χ3v) is 5.89. The van der Waals surface area contributed by atoms with Gasteiger partial charge in [0.1, 0.15) is 23.7 Å². The number of rotatable bonds is 4. The van der Waals surface area contributed by atoms with E-state index in [-0.39, 0.29) is 5.41 Å². The SMILES string of the molecule is CC(C)(C)COC(=O)Nc1ccc2c(c1)OCc1cnccc1-2.COc1cc(NC(=O)OC(C)(C)C)ccc1Br. The van der Waals surface area contributed by atoms with Gasteiger partial charge < -0.3 is 18.9 Å². The zero-order valence-electron chi connectivity index (χ0n) is 23.9. The van der Waals surface area contributed by atoms with E-state index in [9.17, 15) is 9.59 Å². The van der Waals surface area contributed by atoms with Crippen LogP contribution in [0.2, 0.25) is 0 Å². The summed E-state index contributed by atoms with van der Waals surface area (Å²) in [4.78, 5) is 27.5. The van der Waals surface area contributed by atoms with Crippen molar-refractivity contribution in [1.29, 1.82) is 0 Å². The third-order valence-electron chi connectivity index (χ3n) is 5.24. The largest absolute Gasteiger partial charge is 0.495 e. The Labute approximate surface area is 243 Å². The number of hydrogen-bond donors (Lipinski definition) is 2. The third kappa shape index (κ3) is 9.44. The number of amides is 2. The topological polar surface area (TPSA) is 108 Å². The average Bonchev–Trinajstić information content (AvgIpc) is 2.87. The Morgan fingerprint density at radius 3 is 2.30 bits per heavy atom. The van der Waals surface area contributed by atoms with Gasteiger partial charge in [0.2, 0.25) is 0 Å². The van der Waals surface area contributed by atoms with E-state index < -0.39 is 17.8 Å². The molecule has 0 saturated carbocycles. The number of hydrogen-bond acceptors (Lipinski definition) is 7. The normalized spacial score (nSPS) is 11.9. The number of methoxy groups -OCH3 is 1. The van der Waals surface area contributed by atoms with Gasteiger partial charge in [-0.2, -0.15) is 0 Å². The van der Waals surface area contributed by atoms with Gasteiger partial charge in [0.15, 0.2) is 0 Å². The highest BCUT2D eigenvalue weighted by molar-refractivity contribution is 9.10. The number of halogens is 1. The molecule has 0 saturated heterocycles. The van der Waals surface area contributed by atoms with Gasteiger partial charge in [-0.25, -0.2) is 9.59 Å². The first-order chi connectivity index (χ1) is 18.7. The summed E-state index contributed by atoms with van der Waals surface area (Å²) in [6, 6.07) is 12.8. The van der Waals surface area contributed by atoms with Crippen molar-refractivity contribution in [1.82, 2.24) is 4.98 Å². The summed E-state index contributed by atoms with van der Waals surface area (Å²) in [5.74, 6) is 1.40. The van der Waals surface area contributed by atoms with E-state index in [4.69, 9.17) is 18.9 Å². The number of carbonyl (C=O) groups is 2. The Balaban J connectivity index is 0.000000232. The first kappa shape index (κ1) is 30.7. The van der Waals surface area contributed by atoms with Crippen LogP contribution >= 0.6 is 15.9 Å². The van der Waals surface area contributed by atoms with Gasteiger partial charge in [-0.15, -0.1) is 0 Å². The molecule has 0 bridgehead atoms. The van der Waals surface area contributed by atoms with Crippen molar-refractivity contribution in [2.45, 2.75) is 53.8 Å². The van der Waals surface area contributed by atoms with E-state index in [0.29, 0.717) is 30.3 Å². The van der Waals surface area contributed by atoms with Crippen LogP contribution in [0.1, 0.15) is 47.1 Å². The maximum absolute atomic E-state index is 11.8. The van der Waals surface area contributed by atoms with E-state index in [1.165, 1.54) is 0 Å². The molecule has 214 valence electrons. The lowest BCUT2D eigenvalue weighted by Crippen LogP contribution is -2.27. The number of aromatic nitrogens is 1. The van der Waals surface area contributed by atoms with Crippen LogP contribution < -0.4 is 20.1 Å². The quantitative estimate of drug-likeness (QED) is 0.306. The van der Waals surface area contributed by atoms with Crippen LogP contribution in [0.3, 0.4) is 0 Å². The van der Waals surface area contributed by atoms with Crippen LogP contribution in [0.4, 0.5) is 21.0 Å². The van der Waals surface area contributed by atoms with Crippen LogP contribution in [0.25, 0.3) is 11.1 Å². The first-order valence-corrected chi connectivity index (χ1v) is 13.5. The Hall–Kier alpha value is -3.79. The van der Waals surface area contributed by atoms with E-state index in [0.717, 1.165) is 26.9 Å². The van der Waals surface area contributed by atoms with Crippen molar-refractivity contribution in [2.75, 3.05) is 24.4 Å². The van der Waals surface area contributed by atoms with Gasteiger partial charge >= 0.3 is 12.2 Å². The minimum absolute atomic E-state index is 0.0615. The summed E-state index contributed by atoms with van der Waals surface area (Å²) in [5.41, 5.74) is 3.88. The average molecular weight is 615 g/mol. The number of anilines is 2. The number of fused-ring (bicyclic) bond motifs is 3. The second kappa shape index (κ2) is 13.0. The highest BCUT2D eigenvalue weighted by Crippen LogP contribution is 2.38. The van der Waals surface area contributed by atoms with Crippen LogP contribution in [0.5, 0.6) is 11.5 Å². The molecular weight excluding hydrogens is 578 g/mol. The molecule has 0 fully saturated rings. The number of pyridine rings is 1. The van der Waals surface area contributed by atoms with Crippen molar-refractivity contribution in [3.05, 3.63) is 64.9 Å². The summed E-state index contributed by atoms with van der Waals surface area (Å²) < 4.78 is 22.1. The van der Waals surface area contributed by atoms with E-state index in [2.05, 4.69) is 31.5 Å². The predicted molar refractivity (Wildman–Crippen MR) is 159 cm³/mol. The second-order valence-electron chi connectivity index (χ2n) is 11.3. The summed E-state index contributed by atoms with van der Waals surface area (Å²) in [6.45, 7) is 12.3. The molecule has 2 N–H and O–H groups in total. The molecule has 40 heavy (non-hydrogen) atoms. The molecule has 0 spiro atoms. The zero-order valence-corrected chi connectivity index (χ0v) is 25.5. The first-order valence-electron chi connectivity index (χ1n) is 12.7. The van der Waals surface area contributed by atoms with Crippen molar-refractivity contribution >= 4 is 39.5 Å². The van der Waals surface area contributed by atoms with Gasteiger partial charge in [-0.05, 0) is 78.0 Å². The van der Waals surface area contributed by atoms with Crippen molar-refractivity contribution in [2.24, 2.45) is 5.41 Å². The molecule has 4 rings (SSSR count). The lowest BCUT2D eigenvalue weighted by atomic mass is 9.98. The molecule has 1 aliphatic rings. The Morgan fingerprint density at radius 1 is 0.950 bits per heavy atom. The molecule has 1 aliphatic heterocycles. The smallest absolute Gasteiger partial charge is 0.412 e. The van der Waals surface area contributed by atoms with Gasteiger partial charge in [0.05, 0.1) is 18.2 Å². The molecule has 3 aromatic rings. The summed E-state index contributed by atoms with van der Waals surface area (Å²) >= 11 is 3.34. The van der Waals surface area contributed by atoms with Gasteiger partial charge in [0, 0.05) is 47.0 Å². The van der Waals surface area contributed by atoms with Gasteiger partial charge in [-0.1, -0.05) is 20.8 Å². The molecule has 0 radical (unpaired) electrons. The van der Waals surface area contributed by atoms with Gasteiger partial charge in [0.25, 0.3) is 0 Å². The Kier molecular flexibility index (Phi) is 10.0. The summed E-state index contributed by atoms with van der Waals surface area (Å²) in [5, 5.41) is 5.37. The number of nitrogens with zero attached hydrogens (tertiary/aromatic N) is 1. The van der Waals surface area contributed by atoms with Crippen LogP contribution in [-0.2, 0) is 16.1 Å². The fourth-order valence-corrected chi connectivity index (χ4v) is 3.91. The molecule has 0 atom stereocenters. The monoisotopic (exact) mass is 613 g/mol. The molecular formula is C30H36BrN3O6. The Bertz CT molecular complexity index is 1350. The van der Waals surface area contributed by atoms with Crippen molar-refractivity contribution in [3.63, 3.8) is 0 Å². The standard InChI is InChI=1S/C18H20N2O3.C12H16BrNO3/c1-18(2,3)11-23-17(21)20-13-4-5-15-14-6-7-19-9-12(14)10-22-16(15)8-13;1-12(2,3)17-11(15)14-8-5-6-9(13)10(7-8)16-4/h4-9H,10-11H2,1-3H3,(H,20,21);5-7H,1-4H3,(H,14,15). The van der Waals surface area contributed by atoms with Crippen LogP contribution in [-0.4, -0.2) is 36.5 Å². The molecule has 10 heteroatoms. The number of carbonyl (C=O) groups excluding carboxylic acids is 2. The van der Waals surface area contributed by atoms with Crippen LogP contribution in [0.15, 0.2) is 59.3 Å². The highest BCUT2D eigenvalue weighted by Gasteiger charge is 2.19. The molecule has 9 nitrogen and oxygen atoms in total. The predicted octanol–water partition coefficient (Wildman–Crippen LogP) is 8.04. The molecule has 1 aromatic heterocycles. The zero-order chi connectivity index (χ0) is 29.5. The summed E-state index contributed by atoms with van der Waals surface area (Å²) in [7, 11) is 1.57. The molecule has 0 unspecified atom stereocenters. The fraction of sp³-hybridized carbons (Fsp3) is 0.367. The number of benzene rings is 2. The van der Waals surface area contributed by atoms with E-state index in [1.54, 1.807) is 31.5 Å². The molecule has 0 aliphatic carbocycles. The lowest BCUT2D eigenvalue weighted by Gasteiger charge is -2.21. The minimum atomic E-state index is -0.510. The number of nitrogens with one attached hydrogen (secondary N) is 2. The molecule has 2 aromatic carbocycles. The molecule has 2 heterocycles. The molecule has 2 amide bonds. The maximum Gasteiger partial charge on any atom is 0.412 e. The van der Waals surface area contributed by atoms with Crippen LogP contribution in [0, 0.1) is 5.41 Å². The minimum Gasteiger partial charge on any atom is -0.495 e. The Morgan fingerprint density at radius 2 is 1.62 bits per heavy atom. The highest BCUT2D eigenvalue weighted by atomic mass is 79.9. The van der Waals surface area contributed by atoms with E-state index >= 15 is 0 Å². The fourth-order valence-electron chi connectivity index (χ4n) is 3.50. The van der Waals surface area contributed by atoms with Crippen molar-refractivity contribution < 1.29 is 28.5 Å². The lowest BCUT2D eigenvalue weighted by molar-refractivity contribution is 0.0636. The van der Waals surface area contributed by atoms with Crippen molar-refractivity contribution in [3.8, 4) is 22.6 Å². The van der Waals surface area contributed by atoms with Gasteiger partial charge in [-0.3, -0.25) is 15.6 Å². The van der Waals surface area contributed by atoms with E-state index in [1.807, 2.05) is 72.0 Å².